The molecule has 11 nitrogen and oxygen atoms in total. The maximum Gasteiger partial charge on any atom is 0.240 e. The standard InChI is InChI=1S/C14H23N3O2S2.2C7H8O3S/c1-11-16(2)13-7-6-12(10-14(13)20-11)21(18,19)15-8-9-17(3,4)5;2*1-6-2-4-7(5-3-6)11(8,9)10/h6-7,10,15H,8-9H2,1-5H3;2*2-5H,1H3,(H,8,9,10)/q+2;;/p-2. The highest BCUT2D eigenvalue weighted by Gasteiger charge is 2.20. The highest BCUT2D eigenvalue weighted by Crippen LogP contribution is 2.23. The van der Waals surface area contributed by atoms with Crippen molar-refractivity contribution in [2.24, 2.45) is 7.05 Å². The number of nitrogens with one attached hydrogen (secondary N) is 1. The molecule has 0 saturated heterocycles. The summed E-state index contributed by atoms with van der Waals surface area (Å²) < 4.78 is 93.5. The summed E-state index contributed by atoms with van der Waals surface area (Å²) in [6.45, 7) is 6.84. The molecule has 3 aromatic carbocycles. The number of sulfonamides is 1. The summed E-state index contributed by atoms with van der Waals surface area (Å²) in [6.07, 6.45) is 0. The Morgan fingerprint density at radius 3 is 1.53 bits per heavy atom. The van der Waals surface area contributed by atoms with E-state index in [0.717, 1.165) is 37.4 Å². The molecule has 4 aromatic rings. The lowest BCUT2D eigenvalue weighted by molar-refractivity contribution is -0.869. The van der Waals surface area contributed by atoms with Gasteiger partial charge in [-0.3, -0.25) is 0 Å². The number of hydrogen-bond donors (Lipinski definition) is 1. The second-order valence-electron chi connectivity index (χ2n) is 10.8. The molecule has 0 aliphatic carbocycles. The Hall–Kier alpha value is -2.76. The Labute approximate surface area is 258 Å². The summed E-state index contributed by atoms with van der Waals surface area (Å²) in [5.74, 6) is 0. The van der Waals surface area contributed by atoms with E-state index in [1.165, 1.54) is 24.3 Å². The van der Waals surface area contributed by atoms with Gasteiger partial charge in [-0.05, 0) is 50.2 Å². The third-order valence-corrected chi connectivity index (χ3v) is 10.3. The van der Waals surface area contributed by atoms with Gasteiger partial charge in [-0.25, -0.2) is 30.0 Å². The molecule has 1 aromatic heterocycles. The van der Waals surface area contributed by atoms with Gasteiger partial charge in [0.25, 0.3) is 0 Å². The summed E-state index contributed by atoms with van der Waals surface area (Å²) in [5.41, 5.74) is 2.91. The third-order valence-electron chi connectivity index (χ3n) is 6.03. The first-order valence-corrected chi connectivity index (χ1v) is 18.0. The zero-order valence-corrected chi connectivity index (χ0v) is 28.3. The summed E-state index contributed by atoms with van der Waals surface area (Å²) >= 11 is 1.60. The lowest BCUT2D eigenvalue weighted by atomic mass is 10.2. The zero-order chi connectivity index (χ0) is 32.8. The van der Waals surface area contributed by atoms with Crippen molar-refractivity contribution in [1.29, 1.82) is 0 Å². The summed E-state index contributed by atoms with van der Waals surface area (Å²) in [7, 11) is -3.88. The van der Waals surface area contributed by atoms with Crippen molar-refractivity contribution >= 4 is 51.8 Å². The van der Waals surface area contributed by atoms with Crippen LogP contribution in [-0.4, -0.2) is 73.1 Å². The highest BCUT2D eigenvalue weighted by molar-refractivity contribution is 7.89. The number of hydrogen-bond acceptors (Lipinski definition) is 9. The van der Waals surface area contributed by atoms with Crippen LogP contribution in [0, 0.1) is 20.8 Å². The lowest BCUT2D eigenvalue weighted by Gasteiger charge is -2.23. The number of nitrogens with zero attached hydrogens (tertiary/aromatic N) is 2. The summed E-state index contributed by atoms with van der Waals surface area (Å²) in [4.78, 5) is -0.0236. The van der Waals surface area contributed by atoms with Crippen molar-refractivity contribution in [3.8, 4) is 0 Å². The van der Waals surface area contributed by atoms with E-state index in [1.807, 2.05) is 55.0 Å². The number of thiazole rings is 1. The zero-order valence-electron chi connectivity index (χ0n) is 25.1. The van der Waals surface area contributed by atoms with Crippen LogP contribution in [0.15, 0.2) is 81.4 Å². The van der Waals surface area contributed by atoms with Crippen LogP contribution in [0.5, 0.6) is 0 Å². The fourth-order valence-corrected chi connectivity index (χ4v) is 6.54. The Morgan fingerprint density at radius 1 is 0.721 bits per heavy atom. The molecule has 1 N–H and O–H groups in total. The normalized spacial score (nSPS) is 12.2. The molecule has 1 heterocycles. The molecule has 0 fully saturated rings. The van der Waals surface area contributed by atoms with Gasteiger partial charge in [0, 0.05) is 13.0 Å². The number of aromatic nitrogens is 1. The van der Waals surface area contributed by atoms with E-state index in [4.69, 9.17) is 0 Å². The van der Waals surface area contributed by atoms with E-state index in [2.05, 4.69) is 9.29 Å². The van der Waals surface area contributed by atoms with Crippen LogP contribution < -0.4 is 9.29 Å². The molecule has 0 radical (unpaired) electrons. The molecular weight excluding hydrogens is 635 g/mol. The minimum absolute atomic E-state index is 0.178. The largest absolute Gasteiger partial charge is 0.744 e. The van der Waals surface area contributed by atoms with E-state index >= 15 is 0 Å². The van der Waals surface area contributed by atoms with Gasteiger partial charge in [-0.15, -0.1) is 0 Å². The topological polar surface area (TPSA) is 164 Å². The molecule has 0 atom stereocenters. The second-order valence-corrected chi connectivity index (χ2v) is 16.5. The number of rotatable bonds is 7. The van der Waals surface area contributed by atoms with E-state index in [0.29, 0.717) is 11.4 Å². The van der Waals surface area contributed by atoms with Crippen LogP contribution in [0.1, 0.15) is 16.1 Å². The van der Waals surface area contributed by atoms with Gasteiger partial charge in [0.2, 0.25) is 20.5 Å². The Kier molecular flexibility index (Phi) is 12.2. The predicted octanol–water partition coefficient (Wildman–Crippen LogP) is 2.82. The van der Waals surface area contributed by atoms with Crippen LogP contribution in [0.2, 0.25) is 0 Å². The van der Waals surface area contributed by atoms with Gasteiger partial charge < -0.3 is 13.6 Å². The van der Waals surface area contributed by atoms with E-state index in [-0.39, 0.29) is 9.79 Å². The smallest absolute Gasteiger partial charge is 0.240 e. The van der Waals surface area contributed by atoms with Crippen LogP contribution in [0.3, 0.4) is 0 Å². The van der Waals surface area contributed by atoms with Gasteiger partial charge >= 0.3 is 0 Å². The summed E-state index contributed by atoms with van der Waals surface area (Å²) in [6, 6.07) is 16.9. The number of benzene rings is 3. The maximum absolute atomic E-state index is 12.3. The Balaban J connectivity index is 0.000000247. The average Bonchev–Trinajstić information content (AvgIpc) is 3.16. The van der Waals surface area contributed by atoms with Crippen molar-refractivity contribution in [2.75, 3.05) is 34.2 Å². The third kappa shape index (κ3) is 11.7. The van der Waals surface area contributed by atoms with Gasteiger partial charge in [0.05, 0.1) is 48.9 Å². The molecule has 0 aliphatic rings. The molecule has 0 unspecified atom stereocenters. The molecular formula is C28H37N3O8S4. The fourth-order valence-electron chi connectivity index (χ4n) is 3.43. The molecule has 15 heteroatoms. The first kappa shape index (κ1) is 36.4. The minimum Gasteiger partial charge on any atom is -0.744 e. The SMILES string of the molecule is Cc1ccc(S(=O)(=O)[O-])cc1.Cc1ccc(S(=O)(=O)[O-])cc1.Cc1sc2cc(S(=O)(=O)NCC[N+](C)(C)C)ccc2[n+]1C. The Morgan fingerprint density at radius 2 is 1.14 bits per heavy atom. The average molecular weight is 672 g/mol. The minimum atomic E-state index is -4.27. The van der Waals surface area contributed by atoms with Crippen LogP contribution in [0.4, 0.5) is 0 Å². The molecule has 0 aliphatic heterocycles. The quantitative estimate of drug-likeness (QED) is 0.178. The van der Waals surface area contributed by atoms with Crippen molar-refractivity contribution in [1.82, 2.24) is 4.72 Å². The van der Waals surface area contributed by atoms with Crippen molar-refractivity contribution in [3.05, 3.63) is 82.9 Å². The molecule has 236 valence electrons. The summed E-state index contributed by atoms with van der Waals surface area (Å²) in [5, 5.41) is 1.15. The van der Waals surface area contributed by atoms with Crippen LogP contribution in [-0.2, 0) is 37.3 Å². The van der Waals surface area contributed by atoms with Crippen molar-refractivity contribution in [3.63, 3.8) is 0 Å². The monoisotopic (exact) mass is 671 g/mol. The van der Waals surface area contributed by atoms with Gasteiger partial charge in [0.15, 0.2) is 0 Å². The number of quaternary nitrogens is 1. The molecule has 0 bridgehead atoms. The van der Waals surface area contributed by atoms with E-state index in [9.17, 15) is 34.4 Å². The molecule has 43 heavy (non-hydrogen) atoms. The maximum atomic E-state index is 12.3. The second kappa shape index (κ2) is 14.3. The van der Waals surface area contributed by atoms with Gasteiger partial charge in [0.1, 0.15) is 32.0 Å². The Bertz CT molecular complexity index is 1790. The number of fused-ring (bicyclic) bond motifs is 1. The fraction of sp³-hybridized carbons (Fsp3) is 0.321. The molecule has 0 amide bonds. The van der Waals surface area contributed by atoms with Gasteiger partial charge in [-0.2, -0.15) is 4.57 Å². The lowest BCUT2D eigenvalue weighted by Crippen LogP contribution is -2.41. The first-order valence-electron chi connectivity index (χ1n) is 12.8. The molecule has 0 spiro atoms. The van der Waals surface area contributed by atoms with Crippen molar-refractivity contribution in [2.45, 2.75) is 35.5 Å². The highest BCUT2D eigenvalue weighted by atomic mass is 32.2. The first-order chi connectivity index (χ1) is 19.6. The predicted molar refractivity (Wildman–Crippen MR) is 164 cm³/mol. The number of likely N-dealkylation sites (N-methyl/N-ethyl adjacent to an activating group) is 1. The van der Waals surface area contributed by atoms with Gasteiger partial charge in [-0.1, -0.05) is 46.7 Å². The van der Waals surface area contributed by atoms with Crippen LogP contribution in [0.25, 0.3) is 10.2 Å². The molecule has 0 saturated carbocycles. The molecule has 4 rings (SSSR count). The van der Waals surface area contributed by atoms with E-state index in [1.54, 1.807) is 47.7 Å². The van der Waals surface area contributed by atoms with E-state index < -0.39 is 30.3 Å². The van der Waals surface area contributed by atoms with Crippen molar-refractivity contribution < 1.29 is 43.4 Å². The number of aryl methyl sites for hydroxylation is 4. The van der Waals surface area contributed by atoms with Crippen LogP contribution >= 0.6 is 11.3 Å².